The second-order valence-electron chi connectivity index (χ2n) is 2.40. The van der Waals surface area contributed by atoms with Crippen molar-refractivity contribution in [2.24, 2.45) is 5.73 Å². The zero-order chi connectivity index (χ0) is 5.11. The van der Waals surface area contributed by atoms with Crippen LogP contribution in [0.1, 0.15) is 32.1 Å². The minimum absolute atomic E-state index is 0. The van der Waals surface area contributed by atoms with Crippen LogP contribution in [-0.4, -0.2) is 14.5 Å². The van der Waals surface area contributed by atoms with E-state index in [0.717, 1.165) is 0 Å². The summed E-state index contributed by atoms with van der Waals surface area (Å²) in [7, 11) is 0. The molecule has 2 N–H and O–H groups in total. The predicted octanol–water partition coefficient (Wildman–Crippen LogP) is 0.897. The van der Waals surface area contributed by atoms with Gasteiger partial charge in [-0.2, -0.15) is 0 Å². The van der Waals surface area contributed by atoms with Crippen LogP contribution in [0.25, 0.3) is 0 Å². The zero-order valence-electron chi connectivity index (χ0n) is 5.84. The van der Waals surface area contributed by atoms with Crippen LogP contribution in [0.5, 0.6) is 0 Å². The van der Waals surface area contributed by atoms with E-state index in [0.29, 0.717) is 6.04 Å². The smallest absolute Gasteiger partial charge is 0.00388 e. The van der Waals surface area contributed by atoms with Gasteiger partial charge in [0.15, 0.2) is 0 Å². The van der Waals surface area contributed by atoms with Gasteiger partial charge in [0, 0.05) is 50.1 Å². The first-order valence-electron chi connectivity index (χ1n) is 3.15. The molecule has 0 saturated heterocycles. The van der Waals surface area contributed by atoms with Crippen molar-refractivity contribution in [3.63, 3.8) is 0 Å². The van der Waals surface area contributed by atoms with Crippen molar-refractivity contribution in [1.29, 1.82) is 0 Å². The Morgan fingerprint density at radius 1 is 1.00 bits per heavy atom. The number of nitrogens with two attached hydrogens (primary N) is 1. The summed E-state index contributed by atoms with van der Waals surface area (Å²) in [4.78, 5) is 0. The third-order valence-electron chi connectivity index (χ3n) is 1.65. The van der Waals surface area contributed by atoms with Gasteiger partial charge in [0.05, 0.1) is 0 Å². The molecule has 0 heterocycles. The van der Waals surface area contributed by atoms with E-state index in [-0.39, 0.29) is 44.0 Å². The zero-order valence-corrected chi connectivity index (χ0v) is 9.47. The second kappa shape index (κ2) is 7.33. The van der Waals surface area contributed by atoms with Crippen molar-refractivity contribution in [2.45, 2.75) is 38.1 Å². The van der Waals surface area contributed by atoms with E-state index in [1.54, 1.807) is 0 Å². The van der Waals surface area contributed by atoms with E-state index in [2.05, 4.69) is 0 Å². The topological polar surface area (TPSA) is 26.0 Å². The quantitative estimate of drug-likeness (QED) is 0.634. The Morgan fingerprint density at radius 3 is 1.67 bits per heavy atom. The summed E-state index contributed by atoms with van der Waals surface area (Å²) < 4.78 is 0. The Bertz CT molecular complexity index is 55.0. The summed E-state index contributed by atoms with van der Waals surface area (Å²) in [6.45, 7) is 0. The van der Waals surface area contributed by atoms with Gasteiger partial charge in [-0.3, -0.25) is 0 Å². The molecule has 0 aromatic heterocycles. The SMILES string of the molecule is NC1CCCCC1.[B].[La]. The van der Waals surface area contributed by atoms with Gasteiger partial charge in [-0.25, -0.2) is 0 Å². The van der Waals surface area contributed by atoms with Crippen LogP contribution in [-0.2, 0) is 0 Å². The van der Waals surface area contributed by atoms with Crippen LogP contribution in [0.3, 0.4) is 0 Å². The summed E-state index contributed by atoms with van der Waals surface area (Å²) in [5, 5.41) is 0. The largest absolute Gasteiger partial charge is 0.328 e. The van der Waals surface area contributed by atoms with Crippen molar-refractivity contribution in [2.75, 3.05) is 0 Å². The molecule has 48 valence electrons. The molecule has 9 heavy (non-hydrogen) atoms. The minimum atomic E-state index is 0. The standard InChI is InChI=1S/C6H13N.B.La/c7-6-4-2-1-3-5-6;;/h6H,1-5,7H2;;. The number of hydrogen-bond acceptors (Lipinski definition) is 1. The van der Waals surface area contributed by atoms with Crippen LogP contribution in [0, 0.1) is 35.6 Å². The fraction of sp³-hybridized carbons (Fsp3) is 1.00. The molecular formula is C6H13BLaN. The van der Waals surface area contributed by atoms with Gasteiger partial charge in [0.25, 0.3) is 0 Å². The molecule has 1 saturated carbocycles. The Balaban J connectivity index is 0. The van der Waals surface area contributed by atoms with Crippen molar-refractivity contribution in [1.82, 2.24) is 0 Å². The van der Waals surface area contributed by atoms with Gasteiger partial charge in [-0.15, -0.1) is 0 Å². The summed E-state index contributed by atoms with van der Waals surface area (Å²) in [6, 6.07) is 0.536. The molecule has 0 bridgehead atoms. The predicted molar refractivity (Wildman–Crippen MR) is 36.8 cm³/mol. The molecule has 0 amide bonds. The Kier molecular flexibility index (Phi) is 10.5. The molecule has 1 fully saturated rings. The molecule has 0 aliphatic heterocycles. The molecule has 4 radical (unpaired) electrons. The van der Waals surface area contributed by atoms with Crippen LogP contribution in [0.15, 0.2) is 0 Å². The number of rotatable bonds is 0. The van der Waals surface area contributed by atoms with Gasteiger partial charge in [0.1, 0.15) is 0 Å². The second-order valence-corrected chi connectivity index (χ2v) is 2.40. The maximum Gasteiger partial charge on any atom is 0.00388 e. The van der Waals surface area contributed by atoms with Gasteiger partial charge in [-0.05, 0) is 12.8 Å². The molecule has 0 aromatic carbocycles. The minimum Gasteiger partial charge on any atom is -0.328 e. The van der Waals surface area contributed by atoms with Gasteiger partial charge in [-0.1, -0.05) is 19.3 Å². The summed E-state index contributed by atoms with van der Waals surface area (Å²) in [6.07, 6.45) is 6.66. The third-order valence-corrected chi connectivity index (χ3v) is 1.65. The first-order valence-corrected chi connectivity index (χ1v) is 3.15. The third kappa shape index (κ3) is 5.65. The first kappa shape index (κ1) is 12.9. The normalized spacial score (nSPS) is 19.7. The Morgan fingerprint density at radius 2 is 1.44 bits per heavy atom. The van der Waals surface area contributed by atoms with Crippen LogP contribution in [0.4, 0.5) is 0 Å². The molecule has 0 unspecified atom stereocenters. The molecule has 0 aromatic rings. The number of hydrogen-bond donors (Lipinski definition) is 1. The fourth-order valence-electron chi connectivity index (χ4n) is 1.13. The maximum atomic E-state index is 5.63. The average Bonchev–Trinajstić information content (AvgIpc) is 1.69. The van der Waals surface area contributed by atoms with Crippen molar-refractivity contribution in [3.05, 3.63) is 0 Å². The first-order chi connectivity index (χ1) is 3.39. The Hall–Kier alpha value is 1.22. The molecule has 0 atom stereocenters. The van der Waals surface area contributed by atoms with E-state index in [4.69, 9.17) is 5.73 Å². The molecule has 1 aliphatic carbocycles. The van der Waals surface area contributed by atoms with Crippen molar-refractivity contribution in [3.8, 4) is 0 Å². The molecule has 3 heteroatoms. The monoisotopic (exact) mass is 249 g/mol. The molecular weight excluding hydrogens is 236 g/mol. The van der Waals surface area contributed by atoms with Crippen LogP contribution < -0.4 is 5.73 Å². The van der Waals surface area contributed by atoms with Gasteiger partial charge < -0.3 is 5.73 Å². The fourth-order valence-corrected chi connectivity index (χ4v) is 1.13. The van der Waals surface area contributed by atoms with Crippen LogP contribution in [0.2, 0.25) is 0 Å². The van der Waals surface area contributed by atoms with E-state index in [1.165, 1.54) is 32.1 Å². The van der Waals surface area contributed by atoms with Crippen molar-refractivity contribution < 1.29 is 35.6 Å². The van der Waals surface area contributed by atoms with Gasteiger partial charge >= 0.3 is 0 Å². The molecule has 1 rings (SSSR count). The van der Waals surface area contributed by atoms with Crippen LogP contribution >= 0.6 is 0 Å². The van der Waals surface area contributed by atoms with E-state index >= 15 is 0 Å². The van der Waals surface area contributed by atoms with Gasteiger partial charge in [0.2, 0.25) is 0 Å². The summed E-state index contributed by atoms with van der Waals surface area (Å²) >= 11 is 0. The average molecular weight is 249 g/mol. The van der Waals surface area contributed by atoms with E-state index < -0.39 is 0 Å². The van der Waals surface area contributed by atoms with Crippen molar-refractivity contribution >= 4 is 8.41 Å². The molecule has 1 aliphatic rings. The summed E-state index contributed by atoms with van der Waals surface area (Å²) in [5.41, 5.74) is 5.63. The molecule has 0 spiro atoms. The summed E-state index contributed by atoms with van der Waals surface area (Å²) in [5.74, 6) is 0. The Labute approximate surface area is 87.3 Å². The van der Waals surface area contributed by atoms with E-state index in [1.807, 2.05) is 0 Å². The van der Waals surface area contributed by atoms with E-state index in [9.17, 15) is 0 Å². The molecule has 1 nitrogen and oxygen atoms in total. The maximum absolute atomic E-state index is 5.63.